The van der Waals surface area contributed by atoms with Crippen molar-refractivity contribution in [2.75, 3.05) is 0 Å². The molecule has 0 amide bonds. The van der Waals surface area contributed by atoms with Gasteiger partial charge in [0.1, 0.15) is 11.6 Å². The highest BCUT2D eigenvalue weighted by Gasteiger charge is 2.98. The van der Waals surface area contributed by atoms with Crippen LogP contribution in [0.4, 0.5) is 0 Å². The van der Waals surface area contributed by atoms with Gasteiger partial charge in [0.25, 0.3) is 0 Å². The molecule has 0 N–H and O–H groups in total. The summed E-state index contributed by atoms with van der Waals surface area (Å²) in [6, 6.07) is 8.33. The molecule has 2 nitrogen and oxygen atoms in total. The Hall–Kier alpha value is -1.44. The molecule has 8 atom stereocenters. The Bertz CT molecular complexity index is 701. The van der Waals surface area contributed by atoms with Crippen molar-refractivity contribution in [1.82, 2.24) is 0 Å². The molecule has 0 radical (unpaired) electrons. The number of Topliss-reactive ketones (excluding diaryl/α,β-unsaturated/α-hetero) is 2. The van der Waals surface area contributed by atoms with E-state index in [1.807, 2.05) is 12.1 Å². The van der Waals surface area contributed by atoms with Crippen LogP contribution in [0.1, 0.15) is 17.5 Å². The lowest BCUT2D eigenvalue weighted by atomic mass is 9.42. The van der Waals surface area contributed by atoms with Crippen LogP contribution < -0.4 is 0 Å². The maximum atomic E-state index is 13.0. The number of carbonyl (C=O) groups excluding carboxylic acids is 2. The molecule has 0 heterocycles. The fraction of sp³-hybridized carbons (Fsp3) is 0.529. The van der Waals surface area contributed by atoms with Crippen molar-refractivity contribution < 1.29 is 9.59 Å². The Morgan fingerprint density at radius 1 is 0.842 bits per heavy atom. The second-order valence-electron chi connectivity index (χ2n) is 7.55. The van der Waals surface area contributed by atoms with Gasteiger partial charge in [0.05, 0.1) is 10.8 Å². The summed E-state index contributed by atoms with van der Waals surface area (Å²) in [6.45, 7) is 0. The summed E-state index contributed by atoms with van der Waals surface area (Å²) in [5.74, 6) is 3.35. The first-order valence-corrected chi connectivity index (χ1v) is 7.46. The molecule has 1 aromatic carbocycles. The van der Waals surface area contributed by atoms with E-state index in [9.17, 15) is 9.59 Å². The number of ketones is 2. The maximum Gasteiger partial charge on any atom is 0.149 e. The van der Waals surface area contributed by atoms with Crippen molar-refractivity contribution in [2.45, 2.75) is 17.3 Å². The SMILES string of the molecule is O=C1[C@@H]2[C@@H]3C(=O)[C@]45c6ccccc6[C@]14[C@H]1C[C@H]5[C@@H]3[C@H]21. The van der Waals surface area contributed by atoms with E-state index in [0.29, 0.717) is 35.2 Å². The van der Waals surface area contributed by atoms with Crippen LogP contribution in [-0.2, 0) is 20.4 Å². The summed E-state index contributed by atoms with van der Waals surface area (Å²) in [7, 11) is 0. The van der Waals surface area contributed by atoms with Gasteiger partial charge in [-0.1, -0.05) is 24.3 Å². The lowest BCUT2D eigenvalue weighted by Gasteiger charge is -2.57. The van der Waals surface area contributed by atoms with Gasteiger partial charge in [-0.05, 0) is 41.2 Å². The third kappa shape index (κ3) is 0.428. The Labute approximate surface area is 110 Å². The minimum atomic E-state index is -0.343. The average Bonchev–Trinajstić information content (AvgIpc) is 2.86. The summed E-state index contributed by atoms with van der Waals surface area (Å²) in [5, 5.41) is 0. The lowest BCUT2D eigenvalue weighted by Crippen LogP contribution is -2.67. The Balaban J connectivity index is 1.76. The summed E-state index contributed by atoms with van der Waals surface area (Å²) >= 11 is 0. The molecule has 0 aliphatic heterocycles. The molecular weight excluding hydrogens is 236 g/mol. The molecule has 1 aromatic rings. The van der Waals surface area contributed by atoms with E-state index in [1.165, 1.54) is 11.1 Å². The zero-order valence-electron chi connectivity index (χ0n) is 10.3. The summed E-state index contributed by atoms with van der Waals surface area (Å²) in [5.41, 5.74) is 1.77. The van der Waals surface area contributed by atoms with Crippen LogP contribution >= 0.6 is 0 Å². The summed E-state index contributed by atoms with van der Waals surface area (Å²) < 4.78 is 0. The summed E-state index contributed by atoms with van der Waals surface area (Å²) in [4.78, 5) is 26.1. The molecule has 92 valence electrons. The average molecular weight is 248 g/mol. The van der Waals surface area contributed by atoms with E-state index in [4.69, 9.17) is 0 Å². The minimum Gasteiger partial charge on any atom is -0.298 e. The molecule has 6 aliphatic carbocycles. The molecule has 7 rings (SSSR count). The third-order valence-electron chi connectivity index (χ3n) is 7.99. The largest absolute Gasteiger partial charge is 0.298 e. The number of hydrogen-bond donors (Lipinski definition) is 0. The first kappa shape index (κ1) is 8.68. The second kappa shape index (κ2) is 1.93. The molecule has 5 fully saturated rings. The fourth-order valence-corrected chi connectivity index (χ4v) is 8.11. The molecule has 6 aliphatic rings. The van der Waals surface area contributed by atoms with Gasteiger partial charge in [0, 0.05) is 11.8 Å². The smallest absolute Gasteiger partial charge is 0.149 e. The van der Waals surface area contributed by atoms with E-state index >= 15 is 0 Å². The lowest BCUT2D eigenvalue weighted by molar-refractivity contribution is -0.149. The normalized spacial score (nSPS) is 63.2. The van der Waals surface area contributed by atoms with Gasteiger partial charge in [0.2, 0.25) is 0 Å². The van der Waals surface area contributed by atoms with Gasteiger partial charge in [0.15, 0.2) is 0 Å². The zero-order chi connectivity index (χ0) is 12.3. The van der Waals surface area contributed by atoms with Gasteiger partial charge in [-0.15, -0.1) is 0 Å². The van der Waals surface area contributed by atoms with Crippen LogP contribution in [-0.4, -0.2) is 11.6 Å². The predicted molar refractivity (Wildman–Crippen MR) is 65.4 cm³/mol. The van der Waals surface area contributed by atoms with Crippen LogP contribution in [0.2, 0.25) is 0 Å². The number of fused-ring (bicyclic) bond motifs is 2. The van der Waals surface area contributed by atoms with E-state index in [-0.39, 0.29) is 22.7 Å². The second-order valence-corrected chi connectivity index (χ2v) is 7.55. The highest BCUT2D eigenvalue weighted by atomic mass is 16.2. The first-order chi connectivity index (χ1) is 9.27. The van der Waals surface area contributed by atoms with Crippen molar-refractivity contribution >= 4 is 11.6 Å². The van der Waals surface area contributed by atoms with E-state index in [2.05, 4.69) is 12.1 Å². The highest BCUT2D eigenvalue weighted by Crippen LogP contribution is 2.92. The number of carbonyl (C=O) groups is 2. The number of benzene rings is 1. The summed E-state index contributed by atoms with van der Waals surface area (Å²) in [6.07, 6.45) is 1.15. The van der Waals surface area contributed by atoms with Crippen LogP contribution in [0.3, 0.4) is 0 Å². The molecule has 2 bridgehead atoms. The standard InChI is InChI=1S/C17H12O2/c18-14-12-10-8-5-9-11(10)13(12)15(19)17(9)7-4-2-1-3-6(7)16(8,14)17/h1-4,8-13H,5H2/t8-,9-,10+,11+,12-,13+,16-,17+/m0/s1. The number of rotatable bonds is 0. The van der Waals surface area contributed by atoms with Gasteiger partial charge in [-0.2, -0.15) is 0 Å². The van der Waals surface area contributed by atoms with Crippen molar-refractivity contribution in [1.29, 1.82) is 0 Å². The molecule has 0 unspecified atom stereocenters. The first-order valence-electron chi connectivity index (χ1n) is 7.46. The van der Waals surface area contributed by atoms with Gasteiger partial charge in [-0.25, -0.2) is 0 Å². The Morgan fingerprint density at radius 2 is 1.32 bits per heavy atom. The van der Waals surface area contributed by atoms with Crippen molar-refractivity contribution in [3.63, 3.8) is 0 Å². The van der Waals surface area contributed by atoms with Crippen molar-refractivity contribution in [2.24, 2.45) is 35.5 Å². The third-order valence-corrected chi connectivity index (χ3v) is 7.99. The molecule has 5 saturated carbocycles. The van der Waals surface area contributed by atoms with E-state index < -0.39 is 0 Å². The molecule has 2 heteroatoms. The quantitative estimate of drug-likeness (QED) is 0.696. The van der Waals surface area contributed by atoms with E-state index in [0.717, 1.165) is 6.42 Å². The minimum absolute atomic E-state index is 0.122. The van der Waals surface area contributed by atoms with Crippen LogP contribution in [0.15, 0.2) is 24.3 Å². The molecule has 0 aromatic heterocycles. The predicted octanol–water partition coefficient (Wildman–Crippen LogP) is 1.47. The van der Waals surface area contributed by atoms with Gasteiger partial charge >= 0.3 is 0 Å². The zero-order valence-corrected chi connectivity index (χ0v) is 10.3. The fourth-order valence-electron chi connectivity index (χ4n) is 8.11. The van der Waals surface area contributed by atoms with Crippen molar-refractivity contribution in [3.05, 3.63) is 35.4 Å². The number of hydrogen-bond acceptors (Lipinski definition) is 2. The van der Waals surface area contributed by atoms with Crippen LogP contribution in [0.5, 0.6) is 0 Å². The molecule has 19 heavy (non-hydrogen) atoms. The molecule has 2 spiro atoms. The van der Waals surface area contributed by atoms with Crippen LogP contribution in [0.25, 0.3) is 0 Å². The highest BCUT2D eigenvalue weighted by molar-refractivity contribution is 6.20. The van der Waals surface area contributed by atoms with Gasteiger partial charge in [-0.3, -0.25) is 9.59 Å². The van der Waals surface area contributed by atoms with E-state index in [1.54, 1.807) is 0 Å². The topological polar surface area (TPSA) is 34.1 Å². The monoisotopic (exact) mass is 248 g/mol. The molecular formula is C17H12O2. The Morgan fingerprint density at radius 3 is 1.79 bits per heavy atom. The Kier molecular flexibility index (Phi) is 0.882. The van der Waals surface area contributed by atoms with Crippen LogP contribution in [0, 0.1) is 35.5 Å². The molecule has 0 saturated heterocycles. The van der Waals surface area contributed by atoms with Gasteiger partial charge < -0.3 is 0 Å². The maximum absolute atomic E-state index is 13.0. The van der Waals surface area contributed by atoms with Crippen molar-refractivity contribution in [3.8, 4) is 0 Å².